The van der Waals surface area contributed by atoms with E-state index in [1.807, 2.05) is 5.38 Å². The molecule has 2 aromatic rings. The van der Waals surface area contributed by atoms with Gasteiger partial charge < -0.3 is 9.47 Å². The van der Waals surface area contributed by atoms with Gasteiger partial charge in [0.1, 0.15) is 6.04 Å². The predicted octanol–water partition coefficient (Wildman–Crippen LogP) is 5.85. The summed E-state index contributed by atoms with van der Waals surface area (Å²) in [4.78, 5) is 27.9. The first-order valence-electron chi connectivity index (χ1n) is 11.2. The molecule has 34 heavy (non-hydrogen) atoms. The Bertz CT molecular complexity index is 1040. The van der Waals surface area contributed by atoms with Crippen molar-refractivity contribution in [1.29, 1.82) is 0 Å². The fourth-order valence-electron chi connectivity index (χ4n) is 4.46. The first-order chi connectivity index (χ1) is 16.1. The van der Waals surface area contributed by atoms with E-state index in [4.69, 9.17) is 9.47 Å². The number of hydrogen-bond acceptors (Lipinski definition) is 6. The van der Waals surface area contributed by atoms with Crippen LogP contribution in [0.25, 0.3) is 0 Å². The summed E-state index contributed by atoms with van der Waals surface area (Å²) in [7, 11) is 1.28. The second-order valence-corrected chi connectivity index (χ2v) is 9.88. The number of hydrogen-bond donors (Lipinski definition) is 1. The lowest BCUT2D eigenvalue weighted by Gasteiger charge is -2.42. The second-order valence-electron chi connectivity index (χ2n) is 8.91. The summed E-state index contributed by atoms with van der Waals surface area (Å²) in [5.41, 5.74) is -0.141. The van der Waals surface area contributed by atoms with Crippen molar-refractivity contribution in [2.75, 3.05) is 12.0 Å². The van der Waals surface area contributed by atoms with Crippen molar-refractivity contribution in [3.63, 3.8) is 0 Å². The molecule has 0 bridgehead atoms. The van der Waals surface area contributed by atoms with Gasteiger partial charge in [-0.1, -0.05) is 6.07 Å². The van der Waals surface area contributed by atoms with Crippen molar-refractivity contribution >= 4 is 29.1 Å². The number of alkyl halides is 3. The van der Waals surface area contributed by atoms with Crippen molar-refractivity contribution in [2.45, 2.75) is 63.5 Å². The van der Waals surface area contributed by atoms with Crippen molar-refractivity contribution in [3.05, 3.63) is 51.7 Å². The van der Waals surface area contributed by atoms with Crippen molar-refractivity contribution < 1.29 is 32.2 Å². The maximum atomic E-state index is 13.6. The van der Waals surface area contributed by atoms with Gasteiger partial charge in [-0.25, -0.2) is 9.59 Å². The standard InChI is InChI=1S/C24H27F3N2O4S/c1-13(2)33-23(31)29-18-9-8-15(24(25,26)27)11-16(18)17(12-19(29)14-6-7-14)28-21(22(30)32-3)20-5-4-10-34-20/h4-5,8-11,13-14,17,19,21,28H,6-7,12H2,1-3H3/t17-,19-,21?/m0/s1. The average Bonchev–Trinajstić information content (AvgIpc) is 3.49. The average molecular weight is 497 g/mol. The van der Waals surface area contributed by atoms with Gasteiger partial charge in [0.15, 0.2) is 0 Å². The lowest BCUT2D eigenvalue weighted by atomic mass is 9.87. The molecule has 0 radical (unpaired) electrons. The Labute approximate surface area is 200 Å². The molecule has 1 fully saturated rings. The summed E-state index contributed by atoms with van der Waals surface area (Å²) in [5.74, 6) is -0.307. The van der Waals surface area contributed by atoms with E-state index in [1.165, 1.54) is 29.4 Å². The minimum Gasteiger partial charge on any atom is -0.468 e. The SMILES string of the molecule is COC(=O)C(N[C@H]1C[C@@H](C2CC2)N(C(=O)OC(C)C)c2ccc(C(F)(F)F)cc21)c1cccs1. The Hall–Kier alpha value is -2.59. The van der Waals surface area contributed by atoms with Gasteiger partial charge >= 0.3 is 18.2 Å². The minimum absolute atomic E-state index is 0.220. The number of benzene rings is 1. The third kappa shape index (κ3) is 5.07. The van der Waals surface area contributed by atoms with Crippen LogP contribution in [-0.4, -0.2) is 31.3 Å². The molecule has 1 amide bonds. The molecule has 3 atom stereocenters. The topological polar surface area (TPSA) is 67.9 Å². The maximum absolute atomic E-state index is 13.6. The van der Waals surface area contributed by atoms with Gasteiger partial charge in [-0.2, -0.15) is 13.2 Å². The molecule has 10 heteroatoms. The van der Waals surface area contributed by atoms with E-state index in [-0.39, 0.29) is 18.1 Å². The molecule has 1 aromatic heterocycles. The zero-order valence-corrected chi connectivity index (χ0v) is 19.9. The number of anilines is 1. The molecule has 0 saturated heterocycles. The lowest BCUT2D eigenvalue weighted by Crippen LogP contribution is -2.49. The molecule has 1 saturated carbocycles. The number of carbonyl (C=O) groups excluding carboxylic acids is 2. The van der Waals surface area contributed by atoms with E-state index in [1.54, 1.807) is 26.0 Å². The normalized spacial score (nSPS) is 21.2. The molecule has 4 rings (SSSR count). The van der Waals surface area contributed by atoms with Crippen LogP contribution in [0.5, 0.6) is 0 Å². The van der Waals surface area contributed by atoms with Gasteiger partial charge in [-0.15, -0.1) is 11.3 Å². The smallest absolute Gasteiger partial charge is 0.416 e. The van der Waals surface area contributed by atoms with Crippen LogP contribution in [-0.2, 0) is 20.4 Å². The number of methoxy groups -OCH3 is 1. The van der Waals surface area contributed by atoms with Gasteiger partial charge in [-0.05, 0) is 74.2 Å². The van der Waals surface area contributed by atoms with E-state index in [2.05, 4.69) is 5.32 Å². The highest BCUT2D eigenvalue weighted by Gasteiger charge is 2.46. The van der Waals surface area contributed by atoms with Crippen LogP contribution in [0.2, 0.25) is 0 Å². The molecule has 184 valence electrons. The monoisotopic (exact) mass is 496 g/mol. The number of nitrogens with zero attached hydrogens (tertiary/aromatic N) is 1. The van der Waals surface area contributed by atoms with E-state index in [0.717, 1.165) is 25.0 Å². The van der Waals surface area contributed by atoms with Crippen LogP contribution in [0.3, 0.4) is 0 Å². The number of fused-ring (bicyclic) bond motifs is 1. The van der Waals surface area contributed by atoms with Crippen molar-refractivity contribution in [2.24, 2.45) is 5.92 Å². The van der Waals surface area contributed by atoms with Crippen LogP contribution in [0.15, 0.2) is 35.7 Å². The Morgan fingerprint density at radius 3 is 2.50 bits per heavy atom. The molecule has 1 aromatic carbocycles. The van der Waals surface area contributed by atoms with Gasteiger partial charge in [0.25, 0.3) is 0 Å². The number of ether oxygens (including phenoxy) is 2. The van der Waals surface area contributed by atoms with Crippen molar-refractivity contribution in [1.82, 2.24) is 5.32 Å². The Morgan fingerprint density at radius 1 is 1.21 bits per heavy atom. The maximum Gasteiger partial charge on any atom is 0.416 e. The van der Waals surface area contributed by atoms with Crippen LogP contribution in [0, 0.1) is 5.92 Å². The van der Waals surface area contributed by atoms with E-state index in [0.29, 0.717) is 22.5 Å². The number of carbonyl (C=O) groups is 2. The summed E-state index contributed by atoms with van der Waals surface area (Å²) < 4.78 is 51.2. The predicted molar refractivity (Wildman–Crippen MR) is 122 cm³/mol. The lowest BCUT2D eigenvalue weighted by molar-refractivity contribution is -0.143. The second kappa shape index (κ2) is 9.58. The fourth-order valence-corrected chi connectivity index (χ4v) is 5.23. The molecular formula is C24H27F3N2O4S. The fraction of sp³-hybridized carbons (Fsp3) is 0.500. The Balaban J connectivity index is 1.78. The quantitative estimate of drug-likeness (QED) is 0.509. The van der Waals surface area contributed by atoms with Gasteiger partial charge in [0.05, 0.1) is 24.5 Å². The van der Waals surface area contributed by atoms with Crippen LogP contribution >= 0.6 is 11.3 Å². The molecule has 2 heterocycles. The Morgan fingerprint density at radius 2 is 1.94 bits per heavy atom. The summed E-state index contributed by atoms with van der Waals surface area (Å²) in [6.07, 6.45) is -3.30. The third-order valence-electron chi connectivity index (χ3n) is 6.13. The number of nitrogens with one attached hydrogen (secondary N) is 1. The molecule has 1 aliphatic carbocycles. The molecule has 1 unspecified atom stereocenters. The highest BCUT2D eigenvalue weighted by atomic mass is 32.1. The van der Waals surface area contributed by atoms with E-state index >= 15 is 0 Å². The zero-order chi connectivity index (χ0) is 24.6. The van der Waals surface area contributed by atoms with E-state index in [9.17, 15) is 22.8 Å². The largest absolute Gasteiger partial charge is 0.468 e. The van der Waals surface area contributed by atoms with Crippen LogP contribution < -0.4 is 10.2 Å². The van der Waals surface area contributed by atoms with E-state index < -0.39 is 35.9 Å². The van der Waals surface area contributed by atoms with Gasteiger partial charge in [0, 0.05) is 17.0 Å². The number of thiophene rings is 1. The molecule has 0 spiro atoms. The molecular weight excluding hydrogens is 469 g/mol. The van der Waals surface area contributed by atoms with Gasteiger partial charge in [0.2, 0.25) is 0 Å². The van der Waals surface area contributed by atoms with Crippen molar-refractivity contribution in [3.8, 4) is 0 Å². The molecule has 2 aliphatic rings. The third-order valence-corrected chi connectivity index (χ3v) is 7.07. The zero-order valence-electron chi connectivity index (χ0n) is 19.1. The molecule has 6 nitrogen and oxygen atoms in total. The summed E-state index contributed by atoms with van der Waals surface area (Å²) in [5, 5.41) is 5.07. The minimum atomic E-state index is -4.55. The first-order valence-corrected chi connectivity index (χ1v) is 12.1. The number of esters is 1. The number of amides is 1. The highest BCUT2D eigenvalue weighted by molar-refractivity contribution is 7.10. The summed E-state index contributed by atoms with van der Waals surface area (Å²) >= 11 is 1.36. The number of rotatable bonds is 6. The molecule has 1 N–H and O–H groups in total. The summed E-state index contributed by atoms with van der Waals surface area (Å²) in [6, 6.07) is 5.26. The van der Waals surface area contributed by atoms with Gasteiger partial charge in [-0.3, -0.25) is 10.2 Å². The molecule has 1 aliphatic heterocycles. The number of halogens is 3. The Kier molecular flexibility index (Phi) is 6.91. The van der Waals surface area contributed by atoms with Crippen LogP contribution in [0.4, 0.5) is 23.7 Å². The first kappa shape index (κ1) is 24.5. The highest BCUT2D eigenvalue weighted by Crippen LogP contribution is 2.48. The van der Waals surface area contributed by atoms with Crippen LogP contribution in [0.1, 0.15) is 61.2 Å². The summed E-state index contributed by atoms with van der Waals surface area (Å²) in [6.45, 7) is 3.46.